The molecule has 20 heavy (non-hydrogen) atoms. The van der Waals surface area contributed by atoms with Crippen LogP contribution in [-0.2, 0) is 0 Å². The molecule has 0 bridgehead atoms. The van der Waals surface area contributed by atoms with Crippen LogP contribution in [0.5, 0.6) is 0 Å². The van der Waals surface area contributed by atoms with Crippen molar-refractivity contribution in [1.82, 2.24) is 14.7 Å². The van der Waals surface area contributed by atoms with Crippen molar-refractivity contribution in [2.24, 2.45) is 5.92 Å². The molecule has 2 aromatic rings. The van der Waals surface area contributed by atoms with E-state index in [1.807, 2.05) is 12.1 Å². The van der Waals surface area contributed by atoms with Gasteiger partial charge in [-0.3, -0.25) is 9.20 Å². The smallest absolute Gasteiger partial charge is 0.271 e. The van der Waals surface area contributed by atoms with Gasteiger partial charge in [-0.25, -0.2) is 4.98 Å². The second-order valence-electron chi connectivity index (χ2n) is 5.15. The van der Waals surface area contributed by atoms with Crippen LogP contribution < -0.4 is 5.32 Å². The average molecular weight is 294 g/mol. The standard InChI is InChI=1S/C14H16ClN3O2/c15-13-12(18-7-2-1-6-11(18)17-13)14(20)16-8-9-4-3-5-10(9)19/h1-2,6-7,9-10,19H,3-5,8H2,(H,16,20). The summed E-state index contributed by atoms with van der Waals surface area (Å²) in [5, 5.41) is 12.8. The average Bonchev–Trinajstić information content (AvgIpc) is 2.98. The number of imidazole rings is 1. The van der Waals surface area contributed by atoms with Crippen LogP contribution in [-0.4, -0.2) is 33.0 Å². The minimum absolute atomic E-state index is 0.136. The maximum Gasteiger partial charge on any atom is 0.271 e. The van der Waals surface area contributed by atoms with Crippen LogP contribution >= 0.6 is 11.6 Å². The Balaban J connectivity index is 1.77. The van der Waals surface area contributed by atoms with Gasteiger partial charge in [0.2, 0.25) is 0 Å². The third-order valence-electron chi connectivity index (χ3n) is 3.85. The molecule has 2 N–H and O–H groups in total. The number of nitrogens with zero attached hydrogens (tertiary/aromatic N) is 2. The zero-order valence-electron chi connectivity index (χ0n) is 10.9. The first kappa shape index (κ1) is 13.4. The van der Waals surface area contributed by atoms with Gasteiger partial charge < -0.3 is 10.4 Å². The predicted molar refractivity (Wildman–Crippen MR) is 75.9 cm³/mol. The monoisotopic (exact) mass is 293 g/mol. The van der Waals surface area contributed by atoms with E-state index in [9.17, 15) is 9.90 Å². The van der Waals surface area contributed by atoms with Gasteiger partial charge in [0.1, 0.15) is 5.65 Å². The SMILES string of the molecule is O=C(NCC1CCCC1O)c1c(Cl)nc2ccccn12. The summed E-state index contributed by atoms with van der Waals surface area (Å²) in [5.41, 5.74) is 0.985. The van der Waals surface area contributed by atoms with Crippen molar-refractivity contribution in [3.8, 4) is 0 Å². The number of hydrogen-bond donors (Lipinski definition) is 2. The number of pyridine rings is 1. The Morgan fingerprint density at radius 1 is 1.50 bits per heavy atom. The fourth-order valence-corrected chi connectivity index (χ4v) is 3.00. The molecule has 2 aromatic heterocycles. The molecule has 0 radical (unpaired) electrons. The number of amides is 1. The van der Waals surface area contributed by atoms with Crippen molar-refractivity contribution in [3.63, 3.8) is 0 Å². The van der Waals surface area contributed by atoms with E-state index in [1.165, 1.54) is 0 Å². The molecule has 2 heterocycles. The summed E-state index contributed by atoms with van der Waals surface area (Å²) in [5.74, 6) is -0.121. The van der Waals surface area contributed by atoms with E-state index in [4.69, 9.17) is 11.6 Å². The molecule has 1 aliphatic carbocycles. The minimum Gasteiger partial charge on any atom is -0.393 e. The van der Waals surface area contributed by atoms with Gasteiger partial charge in [-0.15, -0.1) is 0 Å². The Morgan fingerprint density at radius 3 is 3.10 bits per heavy atom. The van der Waals surface area contributed by atoms with Crippen molar-refractivity contribution in [2.75, 3.05) is 6.54 Å². The van der Waals surface area contributed by atoms with Crippen molar-refractivity contribution < 1.29 is 9.90 Å². The van der Waals surface area contributed by atoms with Gasteiger partial charge in [-0.2, -0.15) is 0 Å². The number of fused-ring (bicyclic) bond motifs is 1. The fraction of sp³-hybridized carbons (Fsp3) is 0.429. The number of aromatic nitrogens is 2. The zero-order chi connectivity index (χ0) is 14.1. The van der Waals surface area contributed by atoms with Crippen LogP contribution in [0.2, 0.25) is 5.15 Å². The molecule has 0 spiro atoms. The van der Waals surface area contributed by atoms with Crippen LogP contribution in [0.15, 0.2) is 24.4 Å². The van der Waals surface area contributed by atoms with Crippen LogP contribution in [0.1, 0.15) is 29.8 Å². The Hall–Kier alpha value is -1.59. The Kier molecular flexibility index (Phi) is 3.63. The van der Waals surface area contributed by atoms with Crippen LogP contribution in [0.4, 0.5) is 0 Å². The Bertz CT molecular complexity index is 640. The first-order valence-corrected chi connectivity index (χ1v) is 7.13. The lowest BCUT2D eigenvalue weighted by molar-refractivity contribution is 0.0911. The summed E-state index contributed by atoms with van der Waals surface area (Å²) >= 11 is 6.04. The number of hydrogen-bond acceptors (Lipinski definition) is 3. The number of carbonyl (C=O) groups is 1. The predicted octanol–water partition coefficient (Wildman–Crippen LogP) is 1.88. The van der Waals surface area contributed by atoms with Crippen LogP contribution in [0.3, 0.4) is 0 Å². The lowest BCUT2D eigenvalue weighted by Gasteiger charge is -2.14. The topological polar surface area (TPSA) is 66.6 Å². The lowest BCUT2D eigenvalue weighted by atomic mass is 10.1. The first-order valence-electron chi connectivity index (χ1n) is 6.75. The van der Waals surface area contributed by atoms with E-state index in [1.54, 1.807) is 16.7 Å². The highest BCUT2D eigenvalue weighted by Crippen LogP contribution is 2.25. The summed E-state index contributed by atoms with van der Waals surface area (Å²) in [6.07, 6.45) is 4.22. The van der Waals surface area contributed by atoms with Crippen molar-refractivity contribution in [3.05, 3.63) is 35.2 Å². The van der Waals surface area contributed by atoms with Gasteiger partial charge in [0.05, 0.1) is 6.10 Å². The van der Waals surface area contributed by atoms with E-state index in [0.29, 0.717) is 17.9 Å². The van der Waals surface area contributed by atoms with Gasteiger partial charge >= 0.3 is 0 Å². The molecule has 1 aliphatic rings. The molecule has 2 unspecified atom stereocenters. The lowest BCUT2D eigenvalue weighted by Crippen LogP contribution is -2.33. The van der Waals surface area contributed by atoms with E-state index in [2.05, 4.69) is 10.3 Å². The van der Waals surface area contributed by atoms with Gasteiger partial charge in [0, 0.05) is 18.7 Å². The highest BCUT2D eigenvalue weighted by molar-refractivity contribution is 6.32. The zero-order valence-corrected chi connectivity index (χ0v) is 11.7. The Labute approximate surface area is 121 Å². The second kappa shape index (κ2) is 5.42. The molecule has 1 amide bonds. The van der Waals surface area contributed by atoms with E-state index < -0.39 is 0 Å². The number of rotatable bonds is 3. The summed E-state index contributed by atoms with van der Waals surface area (Å²) in [4.78, 5) is 16.4. The maximum atomic E-state index is 12.3. The van der Waals surface area contributed by atoms with Crippen molar-refractivity contribution in [2.45, 2.75) is 25.4 Å². The molecule has 106 valence electrons. The second-order valence-corrected chi connectivity index (χ2v) is 5.51. The van der Waals surface area contributed by atoms with Crippen molar-refractivity contribution >= 4 is 23.2 Å². The minimum atomic E-state index is -0.312. The Morgan fingerprint density at radius 2 is 2.35 bits per heavy atom. The molecule has 0 saturated heterocycles. The van der Waals surface area contributed by atoms with Gasteiger partial charge in [0.25, 0.3) is 5.91 Å². The molecule has 3 rings (SSSR count). The fourth-order valence-electron chi connectivity index (χ4n) is 2.73. The highest BCUT2D eigenvalue weighted by Gasteiger charge is 2.26. The highest BCUT2D eigenvalue weighted by atomic mass is 35.5. The quantitative estimate of drug-likeness (QED) is 0.908. The first-order chi connectivity index (χ1) is 9.66. The normalized spacial score (nSPS) is 22.3. The summed E-state index contributed by atoms with van der Waals surface area (Å²) in [7, 11) is 0. The van der Waals surface area contributed by atoms with Gasteiger partial charge in [0.15, 0.2) is 10.8 Å². The number of aliphatic hydroxyl groups is 1. The molecule has 1 fully saturated rings. The van der Waals surface area contributed by atoms with Crippen LogP contribution in [0.25, 0.3) is 5.65 Å². The summed E-state index contributed by atoms with van der Waals surface area (Å²) in [6.45, 7) is 0.469. The molecule has 1 saturated carbocycles. The maximum absolute atomic E-state index is 12.3. The molecular formula is C14H16ClN3O2. The summed E-state index contributed by atoms with van der Waals surface area (Å²) < 4.78 is 1.67. The van der Waals surface area contributed by atoms with E-state index in [-0.39, 0.29) is 23.1 Å². The number of carbonyl (C=O) groups excluding carboxylic acids is 1. The van der Waals surface area contributed by atoms with Gasteiger partial charge in [-0.1, -0.05) is 24.1 Å². The number of halogens is 1. The van der Waals surface area contributed by atoms with E-state index in [0.717, 1.165) is 19.3 Å². The molecular weight excluding hydrogens is 278 g/mol. The third-order valence-corrected chi connectivity index (χ3v) is 4.11. The van der Waals surface area contributed by atoms with Crippen LogP contribution in [0, 0.1) is 5.92 Å². The number of aliphatic hydroxyl groups excluding tert-OH is 1. The van der Waals surface area contributed by atoms with E-state index >= 15 is 0 Å². The largest absolute Gasteiger partial charge is 0.393 e. The van der Waals surface area contributed by atoms with Crippen molar-refractivity contribution in [1.29, 1.82) is 0 Å². The molecule has 0 aromatic carbocycles. The molecule has 2 atom stereocenters. The summed E-state index contributed by atoms with van der Waals surface area (Å²) in [6, 6.07) is 5.46. The number of nitrogens with one attached hydrogen (secondary N) is 1. The molecule has 0 aliphatic heterocycles. The third kappa shape index (κ3) is 2.39. The molecule has 5 nitrogen and oxygen atoms in total. The van der Waals surface area contributed by atoms with Gasteiger partial charge in [-0.05, 0) is 25.0 Å². The molecule has 6 heteroatoms.